The number of para-hydroxylation sites is 2. The minimum atomic E-state index is 0. The second-order valence-electron chi connectivity index (χ2n) is 5.64. The zero-order valence-electron chi connectivity index (χ0n) is 14.5. The van der Waals surface area contributed by atoms with Crippen LogP contribution in [0, 0.1) is 0 Å². The molecule has 0 unspecified atom stereocenters. The maximum atomic E-state index is 6.08. The molecule has 3 aromatic rings. The Kier molecular flexibility index (Phi) is 7.60. The summed E-state index contributed by atoms with van der Waals surface area (Å²) in [6.07, 6.45) is 0.775. The Labute approximate surface area is 179 Å². The van der Waals surface area contributed by atoms with Gasteiger partial charge in [-0.1, -0.05) is 35.3 Å². The fourth-order valence-corrected chi connectivity index (χ4v) is 2.99. The molecule has 0 saturated carbocycles. The predicted octanol–water partition coefficient (Wildman–Crippen LogP) is 3.73. The highest BCUT2D eigenvalue weighted by Crippen LogP contribution is 2.24. The summed E-state index contributed by atoms with van der Waals surface area (Å²) in [5.74, 6) is 1.66. The molecule has 0 amide bonds. The largest absolute Gasteiger partial charge is 0.356 e. The molecule has 0 spiro atoms. The molecule has 0 bridgehead atoms. The first kappa shape index (κ1) is 20.9. The number of nitrogens with one attached hydrogen (secondary N) is 3. The highest BCUT2D eigenvalue weighted by atomic mass is 127. The summed E-state index contributed by atoms with van der Waals surface area (Å²) in [5, 5.41) is 7.61. The maximum absolute atomic E-state index is 6.08. The van der Waals surface area contributed by atoms with E-state index in [-0.39, 0.29) is 24.0 Å². The molecule has 3 N–H and O–H groups in total. The lowest BCUT2D eigenvalue weighted by Crippen LogP contribution is -2.38. The molecule has 0 aliphatic heterocycles. The maximum Gasteiger partial charge on any atom is 0.191 e. The van der Waals surface area contributed by atoms with Crippen molar-refractivity contribution in [3.63, 3.8) is 0 Å². The van der Waals surface area contributed by atoms with E-state index in [1.54, 1.807) is 7.05 Å². The lowest BCUT2D eigenvalue weighted by molar-refractivity contribution is 0.741. The van der Waals surface area contributed by atoms with Crippen LogP contribution in [0.2, 0.25) is 10.2 Å². The van der Waals surface area contributed by atoms with E-state index in [1.165, 1.54) is 0 Å². The number of aromatic nitrogens is 3. The van der Waals surface area contributed by atoms with Crippen LogP contribution in [0.5, 0.6) is 0 Å². The molecule has 0 radical (unpaired) electrons. The quantitative estimate of drug-likeness (QED) is 0.280. The first-order valence-electron chi connectivity index (χ1n) is 7.96. The highest BCUT2D eigenvalue weighted by Gasteiger charge is 2.09. The first-order chi connectivity index (χ1) is 12.1. The minimum Gasteiger partial charge on any atom is -0.356 e. The van der Waals surface area contributed by atoms with Crippen LogP contribution in [0.15, 0.2) is 35.3 Å². The molecule has 0 atom stereocenters. The standard InChI is InChI=1S/C17H20Cl2N6.HI/c1-20-17(22-10-11-9-12(18)16(19)25(11)2)21-8-7-15-23-13-5-3-4-6-14(13)24-15;/h3-6,9H,7-8,10H2,1-2H3,(H,23,24)(H2,20,21,22);1H. The van der Waals surface area contributed by atoms with Crippen LogP contribution in [0.3, 0.4) is 0 Å². The number of hydrogen-bond donors (Lipinski definition) is 3. The highest BCUT2D eigenvalue weighted by molar-refractivity contribution is 14.0. The van der Waals surface area contributed by atoms with Gasteiger partial charge in [0.2, 0.25) is 0 Å². The number of guanidine groups is 1. The third-order valence-electron chi connectivity index (χ3n) is 3.97. The van der Waals surface area contributed by atoms with E-state index in [4.69, 9.17) is 23.2 Å². The molecule has 9 heteroatoms. The lowest BCUT2D eigenvalue weighted by Gasteiger charge is -2.12. The van der Waals surface area contributed by atoms with Gasteiger partial charge in [-0.2, -0.15) is 0 Å². The SMILES string of the molecule is CN=C(NCCc1nc2ccccc2[nH]1)NCc1cc(Cl)c(Cl)n1C.I. The first-order valence-corrected chi connectivity index (χ1v) is 8.72. The number of imidazole rings is 1. The van der Waals surface area contributed by atoms with Gasteiger partial charge in [0.1, 0.15) is 11.0 Å². The van der Waals surface area contributed by atoms with Gasteiger partial charge in [-0.3, -0.25) is 4.99 Å². The molecule has 0 fully saturated rings. The van der Waals surface area contributed by atoms with Crippen LogP contribution in [-0.4, -0.2) is 34.1 Å². The van der Waals surface area contributed by atoms with Crippen molar-refractivity contribution in [2.45, 2.75) is 13.0 Å². The van der Waals surface area contributed by atoms with Crippen molar-refractivity contribution in [3.05, 3.63) is 52.0 Å². The van der Waals surface area contributed by atoms with Crippen LogP contribution in [0.25, 0.3) is 11.0 Å². The Balaban J connectivity index is 0.00000243. The van der Waals surface area contributed by atoms with E-state index >= 15 is 0 Å². The Morgan fingerprint density at radius 3 is 2.69 bits per heavy atom. The van der Waals surface area contributed by atoms with E-state index in [0.717, 1.165) is 29.0 Å². The fraction of sp³-hybridized carbons (Fsp3) is 0.294. The van der Waals surface area contributed by atoms with E-state index in [1.807, 2.05) is 41.9 Å². The molecule has 2 aromatic heterocycles. The molecule has 26 heavy (non-hydrogen) atoms. The van der Waals surface area contributed by atoms with Crippen LogP contribution in [0.4, 0.5) is 0 Å². The zero-order valence-corrected chi connectivity index (χ0v) is 18.4. The molecule has 0 aliphatic carbocycles. The summed E-state index contributed by atoms with van der Waals surface area (Å²) >= 11 is 12.1. The monoisotopic (exact) mass is 506 g/mol. The molecule has 3 rings (SSSR count). The number of benzene rings is 1. The molecule has 0 aliphatic rings. The van der Waals surface area contributed by atoms with E-state index in [0.29, 0.717) is 29.2 Å². The molecule has 6 nitrogen and oxygen atoms in total. The van der Waals surface area contributed by atoms with Gasteiger partial charge >= 0.3 is 0 Å². The summed E-state index contributed by atoms with van der Waals surface area (Å²) in [6, 6.07) is 9.85. The van der Waals surface area contributed by atoms with Crippen molar-refractivity contribution in [2.24, 2.45) is 12.0 Å². The fourth-order valence-electron chi connectivity index (χ4n) is 2.58. The number of nitrogens with zero attached hydrogens (tertiary/aromatic N) is 3. The second-order valence-corrected chi connectivity index (χ2v) is 6.40. The number of rotatable bonds is 5. The molecule has 140 valence electrons. The average molecular weight is 507 g/mol. The zero-order chi connectivity index (χ0) is 17.8. The third kappa shape index (κ3) is 4.83. The minimum absolute atomic E-state index is 0. The predicted molar refractivity (Wildman–Crippen MR) is 119 cm³/mol. The van der Waals surface area contributed by atoms with E-state index in [2.05, 4.69) is 25.6 Å². The van der Waals surface area contributed by atoms with Crippen molar-refractivity contribution in [1.82, 2.24) is 25.2 Å². The van der Waals surface area contributed by atoms with Gasteiger partial charge in [-0.05, 0) is 18.2 Å². The van der Waals surface area contributed by atoms with Crippen LogP contribution in [-0.2, 0) is 20.0 Å². The number of aliphatic imine (C=N–C) groups is 1. The summed E-state index contributed by atoms with van der Waals surface area (Å²) < 4.78 is 1.85. The van der Waals surface area contributed by atoms with Crippen molar-refractivity contribution in [1.29, 1.82) is 0 Å². The van der Waals surface area contributed by atoms with Gasteiger partial charge in [-0.25, -0.2) is 4.98 Å². The van der Waals surface area contributed by atoms with Gasteiger partial charge in [0, 0.05) is 32.8 Å². The molecule has 0 saturated heterocycles. The van der Waals surface area contributed by atoms with Gasteiger partial charge in [-0.15, -0.1) is 24.0 Å². The van der Waals surface area contributed by atoms with E-state index < -0.39 is 0 Å². The second kappa shape index (κ2) is 9.48. The topological polar surface area (TPSA) is 70.0 Å². The van der Waals surface area contributed by atoms with Crippen molar-refractivity contribution in [2.75, 3.05) is 13.6 Å². The normalized spacial score (nSPS) is 11.5. The summed E-state index contributed by atoms with van der Waals surface area (Å²) in [5.41, 5.74) is 3.02. The summed E-state index contributed by atoms with van der Waals surface area (Å²) in [6.45, 7) is 1.29. The average Bonchev–Trinajstić information content (AvgIpc) is 3.14. The van der Waals surface area contributed by atoms with Gasteiger partial charge < -0.3 is 20.2 Å². The smallest absolute Gasteiger partial charge is 0.191 e. The number of fused-ring (bicyclic) bond motifs is 1. The van der Waals surface area contributed by atoms with Crippen molar-refractivity contribution >= 4 is 64.2 Å². The summed E-state index contributed by atoms with van der Waals surface area (Å²) in [7, 11) is 3.62. The Hall–Kier alpha value is -1.45. The molecule has 1 aromatic carbocycles. The lowest BCUT2D eigenvalue weighted by atomic mass is 10.3. The Morgan fingerprint density at radius 1 is 1.27 bits per heavy atom. The summed E-state index contributed by atoms with van der Waals surface area (Å²) in [4.78, 5) is 12.1. The van der Waals surface area contributed by atoms with Crippen LogP contribution < -0.4 is 10.6 Å². The van der Waals surface area contributed by atoms with Crippen LogP contribution >= 0.6 is 47.2 Å². The molecular weight excluding hydrogens is 486 g/mol. The van der Waals surface area contributed by atoms with Crippen LogP contribution in [0.1, 0.15) is 11.5 Å². The number of halogens is 3. The van der Waals surface area contributed by atoms with E-state index in [9.17, 15) is 0 Å². The van der Waals surface area contributed by atoms with Crippen molar-refractivity contribution < 1.29 is 0 Å². The number of aromatic amines is 1. The number of hydrogen-bond acceptors (Lipinski definition) is 2. The van der Waals surface area contributed by atoms with Gasteiger partial charge in [0.25, 0.3) is 0 Å². The third-order valence-corrected chi connectivity index (χ3v) is 4.81. The molecule has 2 heterocycles. The van der Waals surface area contributed by atoms with Gasteiger partial charge in [0.05, 0.1) is 22.6 Å². The number of H-pyrrole nitrogens is 1. The van der Waals surface area contributed by atoms with Crippen molar-refractivity contribution in [3.8, 4) is 0 Å². The Morgan fingerprint density at radius 2 is 2.04 bits per heavy atom. The van der Waals surface area contributed by atoms with Gasteiger partial charge in [0.15, 0.2) is 5.96 Å². The Bertz CT molecular complexity index is 869. The molecular formula is C17H21Cl2IN6.